The largest absolute Gasteiger partial charge is 0.355 e. The second-order valence-corrected chi connectivity index (χ2v) is 3.28. The standard InChI is InChI=1S/C11H12N4/c1-15(11-4-7-13-9-14-11)8-10-2-5-12-6-3-10/h2-7,9H,8H2,1H3. The van der Waals surface area contributed by atoms with Crippen LogP contribution in [0.3, 0.4) is 0 Å². The van der Waals surface area contributed by atoms with Gasteiger partial charge in [0.1, 0.15) is 12.1 Å². The van der Waals surface area contributed by atoms with Crippen molar-refractivity contribution in [1.82, 2.24) is 15.0 Å². The molecule has 2 rings (SSSR count). The number of anilines is 1. The number of rotatable bonds is 3. The van der Waals surface area contributed by atoms with Gasteiger partial charge in [-0.2, -0.15) is 0 Å². The second kappa shape index (κ2) is 4.50. The van der Waals surface area contributed by atoms with Gasteiger partial charge in [0.25, 0.3) is 0 Å². The van der Waals surface area contributed by atoms with Crippen LogP contribution in [-0.2, 0) is 6.54 Å². The van der Waals surface area contributed by atoms with Gasteiger partial charge < -0.3 is 4.90 Å². The summed E-state index contributed by atoms with van der Waals surface area (Å²) in [5, 5.41) is 0. The monoisotopic (exact) mass is 200 g/mol. The third-order valence-electron chi connectivity index (χ3n) is 2.13. The van der Waals surface area contributed by atoms with Crippen LogP contribution >= 0.6 is 0 Å². The van der Waals surface area contributed by atoms with E-state index < -0.39 is 0 Å². The first-order valence-corrected chi connectivity index (χ1v) is 4.72. The Bertz CT molecular complexity index is 401. The molecule has 0 aliphatic heterocycles. The highest BCUT2D eigenvalue weighted by atomic mass is 15.2. The molecule has 0 aliphatic rings. The highest BCUT2D eigenvalue weighted by Gasteiger charge is 2.01. The van der Waals surface area contributed by atoms with Gasteiger partial charge in [0.15, 0.2) is 0 Å². The fraction of sp³-hybridized carbons (Fsp3) is 0.182. The smallest absolute Gasteiger partial charge is 0.131 e. The van der Waals surface area contributed by atoms with E-state index in [2.05, 4.69) is 19.9 Å². The highest BCUT2D eigenvalue weighted by molar-refractivity contribution is 5.36. The zero-order valence-electron chi connectivity index (χ0n) is 8.54. The molecule has 0 unspecified atom stereocenters. The molecule has 2 aromatic heterocycles. The lowest BCUT2D eigenvalue weighted by Gasteiger charge is -2.17. The highest BCUT2D eigenvalue weighted by Crippen LogP contribution is 2.09. The summed E-state index contributed by atoms with van der Waals surface area (Å²) in [7, 11) is 2.00. The van der Waals surface area contributed by atoms with Gasteiger partial charge in [0.05, 0.1) is 0 Å². The Morgan fingerprint density at radius 3 is 2.47 bits per heavy atom. The molecule has 0 aliphatic carbocycles. The Balaban J connectivity index is 2.08. The summed E-state index contributed by atoms with van der Waals surface area (Å²) in [5.41, 5.74) is 1.21. The normalized spacial score (nSPS) is 9.93. The van der Waals surface area contributed by atoms with E-state index in [4.69, 9.17) is 0 Å². The molecule has 0 bridgehead atoms. The lowest BCUT2D eigenvalue weighted by atomic mass is 10.2. The maximum absolute atomic E-state index is 4.17. The lowest BCUT2D eigenvalue weighted by molar-refractivity contribution is 0.888. The van der Waals surface area contributed by atoms with Crippen molar-refractivity contribution in [1.29, 1.82) is 0 Å². The number of pyridine rings is 1. The number of hydrogen-bond donors (Lipinski definition) is 0. The van der Waals surface area contributed by atoms with Gasteiger partial charge in [-0.15, -0.1) is 0 Å². The average Bonchev–Trinajstić information content (AvgIpc) is 2.31. The van der Waals surface area contributed by atoms with Crippen LogP contribution in [0.25, 0.3) is 0 Å². The molecule has 2 aromatic rings. The molecule has 4 heteroatoms. The van der Waals surface area contributed by atoms with Crippen molar-refractivity contribution in [2.24, 2.45) is 0 Å². The number of nitrogens with zero attached hydrogens (tertiary/aromatic N) is 4. The van der Waals surface area contributed by atoms with Gasteiger partial charge in [-0.3, -0.25) is 4.98 Å². The number of hydrogen-bond acceptors (Lipinski definition) is 4. The fourth-order valence-corrected chi connectivity index (χ4v) is 1.35. The molecular weight excluding hydrogens is 188 g/mol. The van der Waals surface area contributed by atoms with Gasteiger partial charge in [-0.1, -0.05) is 0 Å². The van der Waals surface area contributed by atoms with E-state index in [1.54, 1.807) is 24.9 Å². The van der Waals surface area contributed by atoms with Crippen LogP contribution in [0.4, 0.5) is 5.82 Å². The van der Waals surface area contributed by atoms with E-state index in [1.165, 1.54) is 5.56 Å². The Hall–Kier alpha value is -1.97. The van der Waals surface area contributed by atoms with E-state index in [1.807, 2.05) is 25.2 Å². The summed E-state index contributed by atoms with van der Waals surface area (Å²) in [6, 6.07) is 5.89. The van der Waals surface area contributed by atoms with Crippen LogP contribution in [0.5, 0.6) is 0 Å². The molecule has 0 spiro atoms. The van der Waals surface area contributed by atoms with Gasteiger partial charge in [-0.25, -0.2) is 9.97 Å². The SMILES string of the molecule is CN(Cc1ccncc1)c1ccncn1. The van der Waals surface area contributed by atoms with Crippen LogP contribution in [0.2, 0.25) is 0 Å². The maximum Gasteiger partial charge on any atom is 0.131 e. The quantitative estimate of drug-likeness (QED) is 0.753. The van der Waals surface area contributed by atoms with Crippen molar-refractivity contribution >= 4 is 5.82 Å². The first-order valence-electron chi connectivity index (χ1n) is 4.72. The molecule has 4 nitrogen and oxygen atoms in total. The van der Waals surface area contributed by atoms with Crippen molar-refractivity contribution in [2.45, 2.75) is 6.54 Å². The van der Waals surface area contributed by atoms with E-state index in [9.17, 15) is 0 Å². The summed E-state index contributed by atoms with van der Waals surface area (Å²) in [5.74, 6) is 0.918. The minimum absolute atomic E-state index is 0.819. The molecule has 0 aromatic carbocycles. The molecule has 0 fully saturated rings. The van der Waals surface area contributed by atoms with E-state index in [0.717, 1.165) is 12.4 Å². The molecule has 0 N–H and O–H groups in total. The predicted octanol–water partition coefficient (Wildman–Crippen LogP) is 1.51. The summed E-state index contributed by atoms with van der Waals surface area (Å²) in [4.78, 5) is 14.1. The number of aromatic nitrogens is 3. The molecule has 0 saturated carbocycles. The Morgan fingerprint density at radius 1 is 1.07 bits per heavy atom. The predicted molar refractivity (Wildman–Crippen MR) is 58.4 cm³/mol. The summed E-state index contributed by atoms with van der Waals surface area (Å²) in [6.07, 6.45) is 6.88. The van der Waals surface area contributed by atoms with E-state index >= 15 is 0 Å². The van der Waals surface area contributed by atoms with Crippen LogP contribution in [-0.4, -0.2) is 22.0 Å². The molecule has 0 saturated heterocycles. The zero-order chi connectivity index (χ0) is 10.5. The van der Waals surface area contributed by atoms with Crippen molar-refractivity contribution in [3.8, 4) is 0 Å². The molecule has 2 heterocycles. The molecule has 0 atom stereocenters. The van der Waals surface area contributed by atoms with Crippen LogP contribution in [0.1, 0.15) is 5.56 Å². The van der Waals surface area contributed by atoms with Crippen LogP contribution in [0, 0.1) is 0 Å². The third kappa shape index (κ3) is 2.49. The van der Waals surface area contributed by atoms with Gasteiger partial charge in [-0.05, 0) is 23.8 Å². The molecule has 15 heavy (non-hydrogen) atoms. The minimum atomic E-state index is 0.819. The Morgan fingerprint density at radius 2 is 1.80 bits per heavy atom. The van der Waals surface area contributed by atoms with Crippen LogP contribution in [0.15, 0.2) is 43.1 Å². The molecule has 0 radical (unpaired) electrons. The van der Waals surface area contributed by atoms with Gasteiger partial charge in [0.2, 0.25) is 0 Å². The van der Waals surface area contributed by atoms with Crippen molar-refractivity contribution in [2.75, 3.05) is 11.9 Å². The fourth-order valence-electron chi connectivity index (χ4n) is 1.35. The van der Waals surface area contributed by atoms with Crippen molar-refractivity contribution in [3.05, 3.63) is 48.7 Å². The van der Waals surface area contributed by atoms with Crippen LogP contribution < -0.4 is 4.90 Å². The first kappa shape index (κ1) is 9.58. The maximum atomic E-state index is 4.17. The first-order chi connectivity index (χ1) is 7.36. The van der Waals surface area contributed by atoms with E-state index in [-0.39, 0.29) is 0 Å². The summed E-state index contributed by atoms with van der Waals surface area (Å²) in [6.45, 7) is 0.819. The Kier molecular flexibility index (Phi) is 2.88. The molecule has 0 amide bonds. The molecular formula is C11H12N4. The summed E-state index contributed by atoms with van der Waals surface area (Å²) < 4.78 is 0. The van der Waals surface area contributed by atoms with Crippen molar-refractivity contribution in [3.63, 3.8) is 0 Å². The summed E-state index contributed by atoms with van der Waals surface area (Å²) >= 11 is 0. The van der Waals surface area contributed by atoms with Gasteiger partial charge in [0, 0.05) is 32.2 Å². The van der Waals surface area contributed by atoms with Gasteiger partial charge >= 0.3 is 0 Å². The molecule has 76 valence electrons. The average molecular weight is 200 g/mol. The van der Waals surface area contributed by atoms with Crippen molar-refractivity contribution < 1.29 is 0 Å². The lowest BCUT2D eigenvalue weighted by Crippen LogP contribution is -2.17. The zero-order valence-corrected chi connectivity index (χ0v) is 8.54. The minimum Gasteiger partial charge on any atom is -0.355 e. The Labute approximate surface area is 88.6 Å². The second-order valence-electron chi connectivity index (χ2n) is 3.28. The topological polar surface area (TPSA) is 41.9 Å². The third-order valence-corrected chi connectivity index (χ3v) is 2.13. The van der Waals surface area contributed by atoms with E-state index in [0.29, 0.717) is 0 Å².